The minimum absolute atomic E-state index is 0.0296. The maximum atomic E-state index is 13.0. The van der Waals surface area contributed by atoms with E-state index >= 15 is 0 Å². The number of anilines is 1. The van der Waals surface area contributed by atoms with Gasteiger partial charge in [0.25, 0.3) is 0 Å². The van der Waals surface area contributed by atoms with E-state index in [0.717, 1.165) is 48.2 Å². The molecule has 2 aromatic carbocycles. The molecular weight excluding hydrogens is 396 g/mol. The van der Waals surface area contributed by atoms with Crippen molar-refractivity contribution in [2.45, 2.75) is 57.9 Å². The molecule has 158 valence electrons. The molecule has 1 aliphatic heterocycles. The van der Waals surface area contributed by atoms with E-state index in [0.29, 0.717) is 23.4 Å². The van der Waals surface area contributed by atoms with Crippen molar-refractivity contribution in [3.05, 3.63) is 53.1 Å². The summed E-state index contributed by atoms with van der Waals surface area (Å²) in [5.41, 5.74) is 3.67. The SMILES string of the molecule is CC(=O)Nc1ccccc1-c1ccc(CC2CCN(C3CCCCC3)C2=O)c(Cl)c1. The van der Waals surface area contributed by atoms with Crippen molar-refractivity contribution < 1.29 is 9.59 Å². The van der Waals surface area contributed by atoms with Crippen molar-refractivity contribution in [2.24, 2.45) is 5.92 Å². The smallest absolute Gasteiger partial charge is 0.226 e. The summed E-state index contributed by atoms with van der Waals surface area (Å²) < 4.78 is 0. The van der Waals surface area contributed by atoms with Gasteiger partial charge in [0.15, 0.2) is 0 Å². The highest BCUT2D eigenvalue weighted by atomic mass is 35.5. The first-order chi connectivity index (χ1) is 14.5. The van der Waals surface area contributed by atoms with Crippen LogP contribution in [0.15, 0.2) is 42.5 Å². The van der Waals surface area contributed by atoms with E-state index in [1.54, 1.807) is 0 Å². The van der Waals surface area contributed by atoms with Gasteiger partial charge in [-0.2, -0.15) is 0 Å². The van der Waals surface area contributed by atoms with Crippen LogP contribution in [0.25, 0.3) is 11.1 Å². The van der Waals surface area contributed by atoms with Crippen LogP contribution in [-0.2, 0) is 16.0 Å². The molecule has 1 N–H and O–H groups in total. The number of para-hydroxylation sites is 1. The molecule has 5 heteroatoms. The van der Waals surface area contributed by atoms with Gasteiger partial charge in [-0.1, -0.05) is 61.2 Å². The number of likely N-dealkylation sites (tertiary alicyclic amines) is 1. The predicted octanol–water partition coefficient (Wildman–Crippen LogP) is 5.69. The molecule has 0 spiro atoms. The first-order valence-corrected chi connectivity index (χ1v) is 11.4. The van der Waals surface area contributed by atoms with E-state index in [2.05, 4.69) is 10.2 Å². The third kappa shape index (κ3) is 4.54. The number of hydrogen-bond acceptors (Lipinski definition) is 2. The van der Waals surface area contributed by atoms with Crippen LogP contribution in [0, 0.1) is 5.92 Å². The number of nitrogens with one attached hydrogen (secondary N) is 1. The lowest BCUT2D eigenvalue weighted by Gasteiger charge is -2.31. The summed E-state index contributed by atoms with van der Waals surface area (Å²) in [6.45, 7) is 2.38. The van der Waals surface area contributed by atoms with Crippen LogP contribution < -0.4 is 5.32 Å². The van der Waals surface area contributed by atoms with Gasteiger partial charge in [-0.3, -0.25) is 9.59 Å². The zero-order valence-corrected chi connectivity index (χ0v) is 18.3. The summed E-state index contributed by atoms with van der Waals surface area (Å²) in [6.07, 6.45) is 7.70. The third-order valence-corrected chi connectivity index (χ3v) is 6.79. The molecule has 0 aromatic heterocycles. The van der Waals surface area contributed by atoms with Crippen molar-refractivity contribution in [2.75, 3.05) is 11.9 Å². The van der Waals surface area contributed by atoms with Gasteiger partial charge in [-0.25, -0.2) is 0 Å². The molecule has 30 heavy (non-hydrogen) atoms. The van der Waals surface area contributed by atoms with Crippen molar-refractivity contribution in [1.29, 1.82) is 0 Å². The standard InChI is InChI=1S/C25H29ClN2O2/c1-17(29)27-24-10-6-5-9-22(24)18-11-12-19(23(26)16-18)15-20-13-14-28(25(20)30)21-7-3-2-4-8-21/h5-6,9-12,16,20-21H,2-4,7-8,13-15H2,1H3,(H,27,29). The number of hydrogen-bond donors (Lipinski definition) is 1. The maximum Gasteiger partial charge on any atom is 0.226 e. The van der Waals surface area contributed by atoms with E-state index in [1.165, 1.54) is 26.2 Å². The van der Waals surface area contributed by atoms with Crippen LogP contribution in [0.4, 0.5) is 5.69 Å². The summed E-state index contributed by atoms with van der Waals surface area (Å²) in [6, 6.07) is 14.1. The molecule has 1 aliphatic carbocycles. The quantitative estimate of drug-likeness (QED) is 0.670. The lowest BCUT2D eigenvalue weighted by molar-refractivity contribution is -0.133. The molecule has 2 amide bonds. The van der Waals surface area contributed by atoms with Gasteiger partial charge >= 0.3 is 0 Å². The Hall–Kier alpha value is -2.33. The van der Waals surface area contributed by atoms with E-state index in [9.17, 15) is 9.59 Å². The average Bonchev–Trinajstić information content (AvgIpc) is 3.10. The Bertz CT molecular complexity index is 936. The van der Waals surface area contributed by atoms with Gasteiger partial charge in [-0.15, -0.1) is 0 Å². The highest BCUT2D eigenvalue weighted by Crippen LogP contribution is 2.34. The highest BCUT2D eigenvalue weighted by molar-refractivity contribution is 6.31. The molecule has 4 nitrogen and oxygen atoms in total. The predicted molar refractivity (Wildman–Crippen MR) is 122 cm³/mol. The Labute approximate surface area is 183 Å². The van der Waals surface area contributed by atoms with Gasteiger partial charge < -0.3 is 10.2 Å². The molecule has 1 saturated heterocycles. The minimum atomic E-state index is -0.104. The maximum absolute atomic E-state index is 13.0. The molecule has 0 bridgehead atoms. The molecular formula is C25H29ClN2O2. The third-order valence-electron chi connectivity index (χ3n) is 6.43. The normalized spacial score (nSPS) is 19.9. The van der Waals surface area contributed by atoms with E-state index in [-0.39, 0.29) is 11.8 Å². The van der Waals surface area contributed by atoms with Crippen molar-refractivity contribution >= 4 is 29.1 Å². The molecule has 2 aliphatic rings. The lowest BCUT2D eigenvalue weighted by atomic mass is 9.93. The van der Waals surface area contributed by atoms with E-state index in [1.807, 2.05) is 42.5 Å². The summed E-state index contributed by atoms with van der Waals surface area (Å²) in [5, 5.41) is 3.55. The van der Waals surface area contributed by atoms with Crippen molar-refractivity contribution in [1.82, 2.24) is 4.90 Å². The second-order valence-corrected chi connectivity index (χ2v) is 8.95. The van der Waals surface area contributed by atoms with E-state index < -0.39 is 0 Å². The first-order valence-electron chi connectivity index (χ1n) is 11.0. The molecule has 0 radical (unpaired) electrons. The fourth-order valence-corrected chi connectivity index (χ4v) is 5.14. The van der Waals surface area contributed by atoms with Crippen molar-refractivity contribution in [3.63, 3.8) is 0 Å². The first kappa shape index (κ1) is 20.9. The zero-order chi connectivity index (χ0) is 21.1. The van der Waals surface area contributed by atoms with Crippen LogP contribution in [0.1, 0.15) is 51.0 Å². The van der Waals surface area contributed by atoms with Crippen LogP contribution >= 0.6 is 11.6 Å². The molecule has 2 fully saturated rings. The Morgan fingerprint density at radius 2 is 1.87 bits per heavy atom. The molecule has 4 rings (SSSR count). The van der Waals surface area contributed by atoms with Gasteiger partial charge in [0.05, 0.1) is 0 Å². The Balaban J connectivity index is 1.48. The van der Waals surface area contributed by atoms with Gasteiger partial charge in [-0.05, 0) is 48.9 Å². The minimum Gasteiger partial charge on any atom is -0.339 e. The Morgan fingerprint density at radius 3 is 2.60 bits per heavy atom. The Morgan fingerprint density at radius 1 is 1.10 bits per heavy atom. The topological polar surface area (TPSA) is 49.4 Å². The summed E-state index contributed by atoms with van der Waals surface area (Å²) in [7, 11) is 0. The van der Waals surface area contributed by atoms with Crippen LogP contribution in [0.3, 0.4) is 0 Å². The number of carbonyl (C=O) groups excluding carboxylic acids is 2. The van der Waals surface area contributed by atoms with E-state index in [4.69, 9.17) is 11.6 Å². The number of benzene rings is 2. The monoisotopic (exact) mass is 424 g/mol. The number of amides is 2. The fraction of sp³-hybridized carbons (Fsp3) is 0.440. The van der Waals surface area contributed by atoms with Crippen molar-refractivity contribution in [3.8, 4) is 11.1 Å². The number of nitrogens with zero attached hydrogens (tertiary/aromatic N) is 1. The highest BCUT2D eigenvalue weighted by Gasteiger charge is 2.36. The largest absolute Gasteiger partial charge is 0.339 e. The van der Waals surface area contributed by atoms with Gasteiger partial charge in [0.2, 0.25) is 11.8 Å². The van der Waals surface area contributed by atoms with Crippen LogP contribution in [0.2, 0.25) is 5.02 Å². The van der Waals surface area contributed by atoms with Crippen LogP contribution in [-0.4, -0.2) is 29.3 Å². The average molecular weight is 425 g/mol. The molecule has 1 heterocycles. The second kappa shape index (κ2) is 9.22. The molecule has 1 unspecified atom stereocenters. The molecule has 2 aromatic rings. The number of carbonyl (C=O) groups is 2. The number of halogens is 1. The summed E-state index contributed by atoms with van der Waals surface area (Å²) >= 11 is 6.64. The number of rotatable bonds is 5. The Kier molecular flexibility index (Phi) is 6.43. The lowest BCUT2D eigenvalue weighted by Crippen LogP contribution is -2.39. The summed E-state index contributed by atoms with van der Waals surface area (Å²) in [5.74, 6) is 0.229. The fourth-order valence-electron chi connectivity index (χ4n) is 4.89. The van der Waals surface area contributed by atoms with Gasteiger partial charge in [0, 0.05) is 41.7 Å². The summed E-state index contributed by atoms with van der Waals surface area (Å²) in [4.78, 5) is 26.6. The van der Waals surface area contributed by atoms with Gasteiger partial charge in [0.1, 0.15) is 0 Å². The van der Waals surface area contributed by atoms with Crippen LogP contribution in [0.5, 0.6) is 0 Å². The molecule has 1 atom stereocenters. The zero-order valence-electron chi connectivity index (χ0n) is 17.5. The molecule has 1 saturated carbocycles. The second-order valence-electron chi connectivity index (χ2n) is 8.55.